The van der Waals surface area contributed by atoms with E-state index in [4.69, 9.17) is 46.4 Å². The first-order valence-corrected chi connectivity index (χ1v) is 20.3. The van der Waals surface area contributed by atoms with Gasteiger partial charge in [-0.15, -0.1) is 0 Å². The highest BCUT2D eigenvalue weighted by molar-refractivity contribution is 8.04. The third-order valence-corrected chi connectivity index (χ3v) is 16.2. The van der Waals surface area contributed by atoms with Crippen molar-refractivity contribution in [2.45, 2.75) is 32.4 Å². The zero-order valence-corrected chi connectivity index (χ0v) is 29.7. The van der Waals surface area contributed by atoms with Crippen molar-refractivity contribution in [3.63, 3.8) is 0 Å². The van der Waals surface area contributed by atoms with E-state index in [0.717, 1.165) is 48.5 Å². The molecule has 0 fully saturated rings. The molecule has 0 aliphatic carbocycles. The molecule has 0 atom stereocenters. The van der Waals surface area contributed by atoms with Crippen LogP contribution in [0.15, 0.2) is 117 Å². The number of nitrogens with zero attached hydrogens (tertiary/aromatic N) is 2. The van der Waals surface area contributed by atoms with Gasteiger partial charge in [-0.3, -0.25) is 0 Å². The molecule has 0 saturated heterocycles. The topological polar surface area (TPSA) is 143 Å². The lowest BCUT2D eigenvalue weighted by molar-refractivity contribution is 0.460. The minimum Gasteiger partial charge on any atom is -0.206 e. The van der Waals surface area contributed by atoms with Crippen molar-refractivity contribution >= 4 is 86.5 Å². The smallest absolute Gasteiger partial charge is 0.206 e. The molecule has 0 aliphatic heterocycles. The van der Waals surface area contributed by atoms with Crippen molar-refractivity contribution in [2.75, 3.05) is 13.1 Å². The summed E-state index contributed by atoms with van der Waals surface area (Å²) in [7, 11) is -18.8. The van der Waals surface area contributed by atoms with Gasteiger partial charge in [0, 0.05) is 33.2 Å². The maximum Gasteiger partial charge on any atom is 0.256 e. The second kappa shape index (κ2) is 14.5. The SMILES string of the molecule is O=S(=O)(c1ccc(Cl)cc1)N(CCCCN(S(=O)(=O)c1ccc(Cl)cc1)S(=O)(=O)c1ccc(Cl)cc1)S(=O)(=O)c1ccc(Cl)cc1. The number of benzene rings is 4. The molecule has 0 saturated carbocycles. The van der Waals surface area contributed by atoms with Gasteiger partial charge in [-0.2, -0.15) is 0 Å². The van der Waals surface area contributed by atoms with E-state index in [1.807, 2.05) is 0 Å². The maximum absolute atomic E-state index is 13.7. The molecule has 4 aromatic carbocycles. The summed E-state index contributed by atoms with van der Waals surface area (Å²) in [5, 5.41) is 0.870. The van der Waals surface area contributed by atoms with E-state index in [1.54, 1.807) is 0 Å². The van der Waals surface area contributed by atoms with Gasteiger partial charge in [0.2, 0.25) is 0 Å². The van der Waals surface area contributed by atoms with E-state index < -0.39 is 53.2 Å². The third kappa shape index (κ3) is 8.06. The van der Waals surface area contributed by atoms with E-state index in [2.05, 4.69) is 0 Å². The summed E-state index contributed by atoms with van der Waals surface area (Å²) < 4.78 is 110. The molecule has 0 heterocycles. The van der Waals surface area contributed by atoms with Crippen LogP contribution in [0.25, 0.3) is 0 Å². The molecule has 0 amide bonds. The Morgan fingerprint density at radius 1 is 0.348 bits per heavy atom. The lowest BCUT2D eigenvalue weighted by Crippen LogP contribution is -2.39. The summed E-state index contributed by atoms with van der Waals surface area (Å²) in [6, 6.07) is 19.4. The Hall–Kier alpha value is -2.24. The number of hydrogen-bond donors (Lipinski definition) is 0. The number of halogens is 4. The molecule has 10 nitrogen and oxygen atoms in total. The van der Waals surface area contributed by atoms with Crippen LogP contribution >= 0.6 is 46.4 Å². The molecular formula is C28H24Cl4N2O8S4. The predicted molar refractivity (Wildman–Crippen MR) is 177 cm³/mol. The van der Waals surface area contributed by atoms with Gasteiger partial charge >= 0.3 is 0 Å². The molecule has 0 unspecified atom stereocenters. The molecule has 46 heavy (non-hydrogen) atoms. The fraction of sp³-hybridized carbons (Fsp3) is 0.143. The molecular weight excluding hydrogens is 762 g/mol. The molecule has 0 radical (unpaired) electrons. The summed E-state index contributed by atoms with van der Waals surface area (Å²) in [6.45, 7) is -1.32. The fourth-order valence-electron chi connectivity index (χ4n) is 4.12. The first-order valence-electron chi connectivity index (χ1n) is 13.1. The van der Waals surface area contributed by atoms with Gasteiger partial charge in [-0.1, -0.05) is 53.8 Å². The average Bonchev–Trinajstić information content (AvgIpc) is 2.99. The second-order valence-corrected chi connectivity index (χ2v) is 19.2. The van der Waals surface area contributed by atoms with Gasteiger partial charge in [0.1, 0.15) is 0 Å². The van der Waals surface area contributed by atoms with Gasteiger partial charge in [0.05, 0.1) is 19.6 Å². The van der Waals surface area contributed by atoms with Gasteiger partial charge in [0.15, 0.2) is 0 Å². The van der Waals surface area contributed by atoms with Gasteiger partial charge in [-0.25, -0.2) is 33.7 Å². The summed E-state index contributed by atoms with van der Waals surface area (Å²) in [6.07, 6.45) is -0.551. The highest BCUT2D eigenvalue weighted by atomic mass is 35.5. The monoisotopic (exact) mass is 784 g/mol. The van der Waals surface area contributed by atoms with Crippen molar-refractivity contribution in [3.8, 4) is 0 Å². The highest BCUT2D eigenvalue weighted by Gasteiger charge is 2.38. The Bertz CT molecular complexity index is 1820. The third-order valence-electron chi connectivity index (χ3n) is 6.45. The maximum atomic E-state index is 13.7. The summed E-state index contributed by atoms with van der Waals surface area (Å²) >= 11 is 23.6. The largest absolute Gasteiger partial charge is 0.256 e. The molecule has 246 valence electrons. The van der Waals surface area contributed by atoms with Crippen LogP contribution in [0.3, 0.4) is 0 Å². The summed E-state index contributed by atoms with van der Waals surface area (Å²) in [4.78, 5) is -1.48. The lowest BCUT2D eigenvalue weighted by atomic mass is 10.3. The summed E-state index contributed by atoms with van der Waals surface area (Å²) in [5.41, 5.74) is 0. The Kier molecular flexibility index (Phi) is 11.5. The van der Waals surface area contributed by atoms with Gasteiger partial charge in [-0.05, 0) is 110 Å². The normalized spacial score (nSPS) is 12.9. The molecule has 0 N–H and O–H groups in total. The van der Waals surface area contributed by atoms with Crippen LogP contribution < -0.4 is 0 Å². The quantitative estimate of drug-likeness (QED) is 0.139. The number of hydrogen-bond acceptors (Lipinski definition) is 8. The highest BCUT2D eigenvalue weighted by Crippen LogP contribution is 2.29. The minimum absolute atomic E-state index is 0.218. The van der Waals surface area contributed by atoms with E-state index in [-0.39, 0.29) is 59.9 Å². The summed E-state index contributed by atoms with van der Waals surface area (Å²) in [5.74, 6) is 0. The Balaban J connectivity index is 1.68. The van der Waals surface area contributed by atoms with Crippen LogP contribution in [0.1, 0.15) is 12.8 Å². The van der Waals surface area contributed by atoms with E-state index in [0.29, 0.717) is 0 Å². The molecule has 0 aliphatic rings. The van der Waals surface area contributed by atoms with Crippen molar-refractivity contribution in [1.82, 2.24) is 7.42 Å². The minimum atomic E-state index is -4.71. The van der Waals surface area contributed by atoms with Crippen LogP contribution in [-0.4, -0.2) is 54.2 Å². The first kappa shape index (κ1) is 36.6. The molecule has 0 spiro atoms. The standard InChI is InChI=1S/C28H24Cl4N2O8S4/c29-21-3-11-25(12-4-21)43(35,36)33(44(37,38)26-13-5-22(30)6-14-26)19-1-2-20-34(45(39,40)27-15-7-23(31)8-16-27)46(41,42)28-17-9-24(32)10-18-28/h3-18H,1-2,19-20H2. The molecule has 0 bridgehead atoms. The van der Waals surface area contributed by atoms with Crippen molar-refractivity contribution in [3.05, 3.63) is 117 Å². The van der Waals surface area contributed by atoms with Crippen molar-refractivity contribution in [2.24, 2.45) is 0 Å². The van der Waals surface area contributed by atoms with Gasteiger partial charge in [0.25, 0.3) is 40.1 Å². The predicted octanol–water partition coefficient (Wildman–Crippen LogP) is 6.54. The molecule has 0 aromatic heterocycles. The van der Waals surface area contributed by atoms with Crippen LogP contribution in [0, 0.1) is 0 Å². The van der Waals surface area contributed by atoms with Gasteiger partial charge < -0.3 is 0 Å². The van der Waals surface area contributed by atoms with E-state index in [1.165, 1.54) is 48.5 Å². The van der Waals surface area contributed by atoms with Crippen LogP contribution in [0.2, 0.25) is 20.1 Å². The number of sulfonamides is 4. The molecule has 4 aromatic rings. The fourth-order valence-corrected chi connectivity index (χ4v) is 12.1. The molecule has 4 rings (SSSR count). The van der Waals surface area contributed by atoms with Crippen LogP contribution in [-0.2, 0) is 40.1 Å². The van der Waals surface area contributed by atoms with Crippen LogP contribution in [0.4, 0.5) is 0 Å². The van der Waals surface area contributed by atoms with Crippen LogP contribution in [0.5, 0.6) is 0 Å². The molecule has 18 heteroatoms. The average molecular weight is 787 g/mol. The lowest BCUT2D eigenvalue weighted by Gasteiger charge is -2.24. The Morgan fingerprint density at radius 2 is 0.522 bits per heavy atom. The number of rotatable bonds is 13. The van der Waals surface area contributed by atoms with Crippen molar-refractivity contribution < 1.29 is 33.7 Å². The Labute approximate surface area is 288 Å². The second-order valence-electron chi connectivity index (χ2n) is 9.54. The first-order chi connectivity index (χ1) is 21.5. The number of unbranched alkanes of at least 4 members (excludes halogenated alkanes) is 1. The zero-order chi connectivity index (χ0) is 33.9. The Morgan fingerprint density at radius 3 is 0.696 bits per heavy atom. The van der Waals surface area contributed by atoms with Crippen molar-refractivity contribution in [1.29, 1.82) is 0 Å². The zero-order valence-electron chi connectivity index (χ0n) is 23.4. The van der Waals surface area contributed by atoms with E-state index in [9.17, 15) is 33.7 Å². The van der Waals surface area contributed by atoms with E-state index >= 15 is 0 Å².